The van der Waals surface area contributed by atoms with Crippen LogP contribution < -0.4 is 10.2 Å². The van der Waals surface area contributed by atoms with Gasteiger partial charge in [0, 0.05) is 17.9 Å². The summed E-state index contributed by atoms with van der Waals surface area (Å²) in [7, 11) is 0. The van der Waals surface area contributed by atoms with Gasteiger partial charge in [-0.1, -0.05) is 30.5 Å². The number of anilines is 1. The third kappa shape index (κ3) is 2.95. The standard InChI is InChI=1S/C20H23N3O2/c1-14-8-10-16(11-9-14)23-18(24)13-22-12-4-7-17(22)19(23)20(25)21-15-5-2-3-6-15/h4,7-12,15,19H,2-3,5-6,13H2,1H3,(H,21,25)/t19-/m1/s1. The highest BCUT2D eigenvalue weighted by Gasteiger charge is 2.39. The highest BCUT2D eigenvalue weighted by Crippen LogP contribution is 2.33. The smallest absolute Gasteiger partial charge is 0.249 e. The molecule has 1 atom stereocenters. The average molecular weight is 337 g/mol. The van der Waals surface area contributed by atoms with Crippen molar-refractivity contribution in [3.63, 3.8) is 0 Å². The molecule has 0 saturated heterocycles. The van der Waals surface area contributed by atoms with Crippen molar-refractivity contribution in [1.29, 1.82) is 0 Å². The van der Waals surface area contributed by atoms with Crippen LogP contribution in [0.3, 0.4) is 0 Å². The summed E-state index contributed by atoms with van der Waals surface area (Å²) in [5.41, 5.74) is 2.77. The molecule has 1 fully saturated rings. The quantitative estimate of drug-likeness (QED) is 0.936. The highest BCUT2D eigenvalue weighted by atomic mass is 16.2. The number of nitrogens with zero attached hydrogens (tertiary/aromatic N) is 2. The molecule has 1 saturated carbocycles. The van der Waals surface area contributed by atoms with Crippen molar-refractivity contribution in [3.8, 4) is 0 Å². The number of nitrogens with one attached hydrogen (secondary N) is 1. The average Bonchev–Trinajstić information content (AvgIpc) is 3.26. The normalized spacial score (nSPS) is 20.6. The molecule has 1 aliphatic heterocycles. The van der Waals surface area contributed by atoms with Gasteiger partial charge in [-0.15, -0.1) is 0 Å². The van der Waals surface area contributed by atoms with Gasteiger partial charge in [0.2, 0.25) is 11.8 Å². The third-order valence-electron chi connectivity index (χ3n) is 5.24. The summed E-state index contributed by atoms with van der Waals surface area (Å²) >= 11 is 0. The summed E-state index contributed by atoms with van der Waals surface area (Å²) < 4.78 is 1.88. The van der Waals surface area contributed by atoms with Crippen LogP contribution in [0.1, 0.15) is 43.0 Å². The van der Waals surface area contributed by atoms with E-state index < -0.39 is 6.04 Å². The first-order chi connectivity index (χ1) is 12.1. The van der Waals surface area contributed by atoms with Crippen LogP contribution in [-0.2, 0) is 16.1 Å². The third-order valence-corrected chi connectivity index (χ3v) is 5.24. The van der Waals surface area contributed by atoms with E-state index in [1.807, 2.05) is 54.1 Å². The van der Waals surface area contributed by atoms with Crippen molar-refractivity contribution in [2.75, 3.05) is 4.90 Å². The summed E-state index contributed by atoms with van der Waals surface area (Å²) in [6, 6.07) is 11.2. The van der Waals surface area contributed by atoms with Gasteiger partial charge in [-0.3, -0.25) is 14.5 Å². The fraction of sp³-hybridized carbons (Fsp3) is 0.400. The van der Waals surface area contributed by atoms with Crippen LogP contribution in [0.25, 0.3) is 0 Å². The predicted octanol–water partition coefficient (Wildman–Crippen LogP) is 2.94. The maximum atomic E-state index is 13.1. The van der Waals surface area contributed by atoms with Crippen molar-refractivity contribution >= 4 is 17.5 Å². The first-order valence-corrected chi connectivity index (χ1v) is 8.97. The van der Waals surface area contributed by atoms with E-state index in [0.29, 0.717) is 0 Å². The molecule has 4 rings (SSSR count). The van der Waals surface area contributed by atoms with Gasteiger partial charge in [-0.25, -0.2) is 0 Å². The summed E-state index contributed by atoms with van der Waals surface area (Å²) in [6.07, 6.45) is 6.24. The van der Waals surface area contributed by atoms with E-state index in [1.54, 1.807) is 4.90 Å². The molecule has 2 heterocycles. The number of hydrogen-bond donors (Lipinski definition) is 1. The number of aryl methyl sites for hydroxylation is 1. The van der Waals surface area contributed by atoms with Crippen LogP contribution in [0.4, 0.5) is 5.69 Å². The Morgan fingerprint density at radius 2 is 1.84 bits per heavy atom. The zero-order chi connectivity index (χ0) is 17.4. The second kappa shape index (κ2) is 6.39. The minimum Gasteiger partial charge on any atom is -0.351 e. The molecule has 2 amide bonds. The lowest BCUT2D eigenvalue weighted by Crippen LogP contribution is -2.50. The van der Waals surface area contributed by atoms with Crippen LogP contribution in [-0.4, -0.2) is 22.4 Å². The second-order valence-corrected chi connectivity index (χ2v) is 7.05. The van der Waals surface area contributed by atoms with Crippen molar-refractivity contribution in [2.45, 2.75) is 51.2 Å². The highest BCUT2D eigenvalue weighted by molar-refractivity contribution is 6.02. The zero-order valence-electron chi connectivity index (χ0n) is 14.4. The molecule has 130 valence electrons. The van der Waals surface area contributed by atoms with Gasteiger partial charge in [0.05, 0.1) is 5.69 Å². The van der Waals surface area contributed by atoms with Gasteiger partial charge in [-0.05, 0) is 44.0 Å². The van der Waals surface area contributed by atoms with Gasteiger partial charge in [0.1, 0.15) is 6.54 Å². The first-order valence-electron chi connectivity index (χ1n) is 8.97. The zero-order valence-corrected chi connectivity index (χ0v) is 14.4. The predicted molar refractivity (Wildman–Crippen MR) is 96.2 cm³/mol. The van der Waals surface area contributed by atoms with Gasteiger partial charge in [-0.2, -0.15) is 0 Å². The largest absolute Gasteiger partial charge is 0.351 e. The summed E-state index contributed by atoms with van der Waals surface area (Å²) in [5.74, 6) is -0.139. The summed E-state index contributed by atoms with van der Waals surface area (Å²) in [4.78, 5) is 27.6. The summed E-state index contributed by atoms with van der Waals surface area (Å²) in [5, 5.41) is 3.16. The minimum absolute atomic E-state index is 0.0564. The van der Waals surface area contributed by atoms with Gasteiger partial charge < -0.3 is 9.88 Å². The second-order valence-electron chi connectivity index (χ2n) is 7.05. The van der Waals surface area contributed by atoms with E-state index in [4.69, 9.17) is 0 Å². The minimum atomic E-state index is -0.612. The van der Waals surface area contributed by atoms with Crippen molar-refractivity contribution in [1.82, 2.24) is 9.88 Å². The molecule has 2 aliphatic rings. The Morgan fingerprint density at radius 3 is 2.56 bits per heavy atom. The Kier molecular flexibility index (Phi) is 4.07. The van der Waals surface area contributed by atoms with Gasteiger partial charge >= 0.3 is 0 Å². The number of hydrogen-bond acceptors (Lipinski definition) is 2. The topological polar surface area (TPSA) is 54.3 Å². The number of fused-ring (bicyclic) bond motifs is 1. The lowest BCUT2D eigenvalue weighted by atomic mass is 10.1. The number of rotatable bonds is 3. The molecule has 5 heteroatoms. The molecule has 0 bridgehead atoms. The van der Waals surface area contributed by atoms with E-state index >= 15 is 0 Å². The van der Waals surface area contributed by atoms with E-state index in [0.717, 1.165) is 42.6 Å². The Balaban J connectivity index is 1.70. The van der Waals surface area contributed by atoms with Crippen molar-refractivity contribution in [3.05, 3.63) is 53.9 Å². The van der Waals surface area contributed by atoms with E-state index in [1.165, 1.54) is 0 Å². The number of amides is 2. The van der Waals surface area contributed by atoms with E-state index in [9.17, 15) is 9.59 Å². The number of benzene rings is 1. The number of aromatic nitrogens is 1. The molecule has 0 unspecified atom stereocenters. The fourth-order valence-corrected chi connectivity index (χ4v) is 3.92. The number of carbonyl (C=O) groups is 2. The molecule has 25 heavy (non-hydrogen) atoms. The maximum Gasteiger partial charge on any atom is 0.249 e. The Morgan fingerprint density at radius 1 is 1.12 bits per heavy atom. The molecule has 2 aromatic rings. The van der Waals surface area contributed by atoms with Gasteiger partial charge in [0.25, 0.3) is 0 Å². The molecule has 5 nitrogen and oxygen atoms in total. The van der Waals surface area contributed by atoms with Crippen molar-refractivity contribution in [2.24, 2.45) is 0 Å². The van der Waals surface area contributed by atoms with E-state index in [-0.39, 0.29) is 24.4 Å². The van der Waals surface area contributed by atoms with Crippen LogP contribution in [0.2, 0.25) is 0 Å². The van der Waals surface area contributed by atoms with Crippen LogP contribution in [0.15, 0.2) is 42.6 Å². The van der Waals surface area contributed by atoms with Crippen LogP contribution in [0.5, 0.6) is 0 Å². The Hall–Kier alpha value is -2.56. The molecule has 1 N–H and O–H groups in total. The Labute approximate surface area is 147 Å². The van der Waals surface area contributed by atoms with Crippen LogP contribution >= 0.6 is 0 Å². The Bertz CT molecular complexity index is 788. The maximum absolute atomic E-state index is 13.1. The molecule has 1 aromatic carbocycles. The van der Waals surface area contributed by atoms with Crippen LogP contribution in [0, 0.1) is 6.92 Å². The van der Waals surface area contributed by atoms with Gasteiger partial charge in [0.15, 0.2) is 6.04 Å². The monoisotopic (exact) mass is 337 g/mol. The molecule has 1 aromatic heterocycles. The lowest BCUT2D eigenvalue weighted by molar-refractivity contribution is -0.128. The molecule has 0 radical (unpaired) electrons. The first kappa shape index (κ1) is 15.9. The SMILES string of the molecule is Cc1ccc(N2C(=O)Cn3cccc3[C@@H]2C(=O)NC2CCCC2)cc1. The lowest BCUT2D eigenvalue weighted by Gasteiger charge is -2.36. The molecule has 0 spiro atoms. The number of carbonyl (C=O) groups excluding carboxylic acids is 2. The molecular formula is C20H23N3O2. The van der Waals surface area contributed by atoms with Crippen molar-refractivity contribution < 1.29 is 9.59 Å². The summed E-state index contributed by atoms with van der Waals surface area (Å²) in [6.45, 7) is 2.28. The molecule has 1 aliphatic carbocycles. The fourth-order valence-electron chi connectivity index (χ4n) is 3.92. The molecular weight excluding hydrogens is 314 g/mol. The van der Waals surface area contributed by atoms with E-state index in [2.05, 4.69) is 5.32 Å².